The van der Waals surface area contributed by atoms with Crippen molar-refractivity contribution in [3.63, 3.8) is 0 Å². The van der Waals surface area contributed by atoms with Gasteiger partial charge in [-0.25, -0.2) is 0 Å². The standard InChI is InChI=1S/C24H36N2O4/c1-3-29-21-15-20(26-24(28)18-13-9-6-10-14-18)22(30-4-2)16-19(21)25-23(27)17-11-7-5-8-12-17/h15-18H,3-14H2,1-2H3,(H,25,27)(H,26,28). The molecule has 166 valence electrons. The first-order chi connectivity index (χ1) is 14.6. The van der Waals surface area contributed by atoms with Gasteiger partial charge in [-0.2, -0.15) is 0 Å². The van der Waals surface area contributed by atoms with Crippen LogP contribution in [0.4, 0.5) is 11.4 Å². The molecule has 3 rings (SSSR count). The normalized spacial score (nSPS) is 17.9. The highest BCUT2D eigenvalue weighted by Gasteiger charge is 2.25. The molecule has 0 bridgehead atoms. The molecule has 0 aromatic heterocycles. The number of carbonyl (C=O) groups excluding carboxylic acids is 2. The lowest BCUT2D eigenvalue weighted by atomic mass is 9.88. The predicted octanol–water partition coefficient (Wildman–Crippen LogP) is 5.52. The molecular formula is C24H36N2O4. The van der Waals surface area contributed by atoms with E-state index in [2.05, 4.69) is 10.6 Å². The molecule has 2 amide bonds. The van der Waals surface area contributed by atoms with Crippen molar-refractivity contribution in [3.8, 4) is 11.5 Å². The van der Waals surface area contributed by atoms with Gasteiger partial charge in [0.15, 0.2) is 0 Å². The van der Waals surface area contributed by atoms with Crippen molar-refractivity contribution in [1.82, 2.24) is 0 Å². The molecule has 6 nitrogen and oxygen atoms in total. The Labute approximate surface area is 180 Å². The first-order valence-electron chi connectivity index (χ1n) is 11.7. The molecule has 0 aliphatic heterocycles. The van der Waals surface area contributed by atoms with E-state index >= 15 is 0 Å². The van der Waals surface area contributed by atoms with Crippen molar-refractivity contribution in [2.24, 2.45) is 11.8 Å². The molecule has 0 spiro atoms. The number of rotatable bonds is 8. The lowest BCUT2D eigenvalue weighted by molar-refractivity contribution is -0.121. The topological polar surface area (TPSA) is 76.7 Å². The summed E-state index contributed by atoms with van der Waals surface area (Å²) in [7, 11) is 0. The number of hydrogen-bond donors (Lipinski definition) is 2. The second-order valence-electron chi connectivity index (χ2n) is 8.36. The number of amides is 2. The molecule has 0 heterocycles. The zero-order chi connectivity index (χ0) is 21.3. The van der Waals surface area contributed by atoms with E-state index < -0.39 is 0 Å². The van der Waals surface area contributed by atoms with Gasteiger partial charge in [0.05, 0.1) is 24.6 Å². The SMILES string of the molecule is CCOc1cc(NC(=O)C2CCCCC2)c(OCC)cc1NC(=O)C1CCCCC1. The third kappa shape index (κ3) is 5.89. The molecule has 0 atom stereocenters. The maximum Gasteiger partial charge on any atom is 0.227 e. The molecule has 0 radical (unpaired) electrons. The van der Waals surface area contributed by atoms with Crippen molar-refractivity contribution in [3.05, 3.63) is 12.1 Å². The number of carbonyl (C=O) groups is 2. The van der Waals surface area contributed by atoms with Gasteiger partial charge in [0.2, 0.25) is 11.8 Å². The molecule has 2 aliphatic carbocycles. The van der Waals surface area contributed by atoms with Crippen LogP contribution in [0, 0.1) is 11.8 Å². The van der Waals surface area contributed by atoms with E-state index in [1.807, 2.05) is 13.8 Å². The lowest BCUT2D eigenvalue weighted by Crippen LogP contribution is -2.26. The number of ether oxygens (including phenoxy) is 2. The van der Waals surface area contributed by atoms with E-state index in [9.17, 15) is 9.59 Å². The average molecular weight is 417 g/mol. The van der Waals surface area contributed by atoms with Crippen molar-refractivity contribution in [2.75, 3.05) is 23.8 Å². The van der Waals surface area contributed by atoms with Crippen LogP contribution < -0.4 is 20.1 Å². The summed E-state index contributed by atoms with van der Waals surface area (Å²) in [6, 6.07) is 3.57. The van der Waals surface area contributed by atoms with Crippen molar-refractivity contribution in [1.29, 1.82) is 0 Å². The van der Waals surface area contributed by atoms with Gasteiger partial charge in [-0.3, -0.25) is 9.59 Å². The minimum absolute atomic E-state index is 0.0390. The summed E-state index contributed by atoms with van der Waals surface area (Å²) >= 11 is 0. The van der Waals surface area contributed by atoms with Crippen LogP contribution in [0.5, 0.6) is 11.5 Å². The summed E-state index contributed by atoms with van der Waals surface area (Å²) < 4.78 is 11.6. The quantitative estimate of drug-likeness (QED) is 0.585. The zero-order valence-electron chi connectivity index (χ0n) is 18.4. The Morgan fingerprint density at radius 2 is 1.10 bits per heavy atom. The van der Waals surface area contributed by atoms with Gasteiger partial charge in [0.1, 0.15) is 11.5 Å². The third-order valence-corrected chi connectivity index (χ3v) is 6.15. The molecule has 2 saturated carbocycles. The summed E-state index contributed by atoms with van der Waals surface area (Å²) in [5.74, 6) is 1.30. The second-order valence-corrected chi connectivity index (χ2v) is 8.36. The van der Waals surface area contributed by atoms with Gasteiger partial charge in [-0.15, -0.1) is 0 Å². The summed E-state index contributed by atoms with van der Waals surface area (Å²) in [4.78, 5) is 25.6. The number of nitrogens with one attached hydrogen (secondary N) is 2. The fourth-order valence-corrected chi connectivity index (χ4v) is 4.50. The molecule has 30 heavy (non-hydrogen) atoms. The number of benzene rings is 1. The Morgan fingerprint density at radius 1 is 0.733 bits per heavy atom. The van der Waals surface area contributed by atoms with Crippen LogP contribution in [-0.2, 0) is 9.59 Å². The van der Waals surface area contributed by atoms with Gasteiger partial charge in [-0.1, -0.05) is 38.5 Å². The summed E-state index contributed by atoms with van der Waals surface area (Å²) in [6.07, 6.45) is 10.6. The molecule has 2 fully saturated rings. The first kappa shape index (κ1) is 22.4. The maximum atomic E-state index is 12.8. The molecule has 2 N–H and O–H groups in total. The molecule has 6 heteroatoms. The zero-order valence-corrected chi connectivity index (χ0v) is 18.4. The van der Waals surface area contributed by atoms with E-state index in [1.54, 1.807) is 12.1 Å². The highest BCUT2D eigenvalue weighted by atomic mass is 16.5. The molecule has 2 aliphatic rings. The largest absolute Gasteiger partial charge is 0.492 e. The van der Waals surface area contributed by atoms with Crippen LogP contribution >= 0.6 is 0 Å². The van der Waals surface area contributed by atoms with Crippen LogP contribution in [0.15, 0.2) is 12.1 Å². The fourth-order valence-electron chi connectivity index (χ4n) is 4.50. The molecule has 0 unspecified atom stereocenters. The average Bonchev–Trinajstić information content (AvgIpc) is 2.78. The van der Waals surface area contributed by atoms with Gasteiger partial charge in [0.25, 0.3) is 0 Å². The fraction of sp³-hybridized carbons (Fsp3) is 0.667. The van der Waals surface area contributed by atoms with E-state index in [-0.39, 0.29) is 23.7 Å². The summed E-state index contributed by atoms with van der Waals surface area (Å²) in [6.45, 7) is 4.75. The molecular weight excluding hydrogens is 380 g/mol. The van der Waals surface area contributed by atoms with Crippen molar-refractivity contribution >= 4 is 23.2 Å². The summed E-state index contributed by atoms with van der Waals surface area (Å²) in [5, 5.41) is 6.10. The number of anilines is 2. The smallest absolute Gasteiger partial charge is 0.227 e. The maximum absolute atomic E-state index is 12.8. The van der Waals surface area contributed by atoms with Gasteiger partial charge in [0, 0.05) is 24.0 Å². The van der Waals surface area contributed by atoms with Crippen LogP contribution in [0.25, 0.3) is 0 Å². The van der Waals surface area contributed by atoms with Crippen LogP contribution in [0.1, 0.15) is 78.1 Å². The molecule has 0 saturated heterocycles. The summed E-state index contributed by atoms with van der Waals surface area (Å²) in [5.41, 5.74) is 1.21. The Morgan fingerprint density at radius 3 is 1.43 bits per heavy atom. The van der Waals surface area contributed by atoms with E-state index in [0.29, 0.717) is 36.1 Å². The Balaban J connectivity index is 1.81. The lowest BCUT2D eigenvalue weighted by Gasteiger charge is -2.24. The van der Waals surface area contributed by atoms with Gasteiger partial charge in [-0.05, 0) is 39.5 Å². The minimum atomic E-state index is 0.0390. The van der Waals surface area contributed by atoms with Crippen molar-refractivity contribution in [2.45, 2.75) is 78.1 Å². The van der Waals surface area contributed by atoms with Crippen molar-refractivity contribution < 1.29 is 19.1 Å². The van der Waals surface area contributed by atoms with Gasteiger partial charge >= 0.3 is 0 Å². The Bertz CT molecular complexity index is 660. The number of hydrogen-bond acceptors (Lipinski definition) is 4. The van der Waals surface area contributed by atoms with Crippen LogP contribution in [-0.4, -0.2) is 25.0 Å². The highest BCUT2D eigenvalue weighted by Crippen LogP contribution is 2.38. The van der Waals surface area contributed by atoms with E-state index in [1.165, 1.54) is 12.8 Å². The second kappa shape index (κ2) is 11.2. The van der Waals surface area contributed by atoms with E-state index in [0.717, 1.165) is 51.4 Å². The third-order valence-electron chi connectivity index (χ3n) is 6.15. The minimum Gasteiger partial charge on any atom is -0.492 e. The highest BCUT2D eigenvalue weighted by molar-refractivity contribution is 5.97. The first-order valence-corrected chi connectivity index (χ1v) is 11.7. The molecule has 1 aromatic rings. The van der Waals surface area contributed by atoms with Crippen LogP contribution in [0.2, 0.25) is 0 Å². The Hall–Kier alpha value is -2.24. The molecule has 1 aromatic carbocycles. The predicted molar refractivity (Wildman–Crippen MR) is 119 cm³/mol. The Kier molecular flexibility index (Phi) is 8.40. The van der Waals surface area contributed by atoms with E-state index in [4.69, 9.17) is 9.47 Å². The van der Waals surface area contributed by atoms with Crippen LogP contribution in [0.3, 0.4) is 0 Å². The van der Waals surface area contributed by atoms with Gasteiger partial charge < -0.3 is 20.1 Å². The monoisotopic (exact) mass is 416 g/mol.